The van der Waals surface area contributed by atoms with E-state index in [1.807, 2.05) is 0 Å². The summed E-state index contributed by atoms with van der Waals surface area (Å²) in [5.41, 5.74) is 3.82. The molecule has 4 amide bonds. The van der Waals surface area contributed by atoms with Gasteiger partial charge < -0.3 is 30.7 Å². The number of ketones is 2. The number of amides is 4. The van der Waals surface area contributed by atoms with Crippen molar-refractivity contribution in [3.05, 3.63) is 129 Å². The van der Waals surface area contributed by atoms with Gasteiger partial charge in [0.15, 0.2) is 11.6 Å². The number of ether oxygens (including phenoxy) is 2. The molecule has 4 N–H and O–H groups in total. The van der Waals surface area contributed by atoms with Gasteiger partial charge in [0.2, 0.25) is 12.1 Å². The summed E-state index contributed by atoms with van der Waals surface area (Å²) in [6, 6.07) is 20.1. The van der Waals surface area contributed by atoms with Gasteiger partial charge >= 0.3 is 0 Å². The zero-order chi connectivity index (χ0) is 50.2. The van der Waals surface area contributed by atoms with Crippen molar-refractivity contribution in [3.63, 3.8) is 0 Å². The van der Waals surface area contributed by atoms with Crippen LogP contribution in [0.25, 0.3) is 0 Å². The molecule has 5 rings (SSSR count). The zero-order valence-electron chi connectivity index (χ0n) is 37.5. The third-order valence-corrected chi connectivity index (χ3v) is 11.3. The van der Waals surface area contributed by atoms with Gasteiger partial charge in [-0.3, -0.25) is 28.8 Å². The Kier molecular flexibility index (Phi) is 20.0. The van der Waals surface area contributed by atoms with Crippen LogP contribution in [0.1, 0.15) is 51.3 Å². The molecular weight excluding hydrogens is 994 g/mol. The van der Waals surface area contributed by atoms with E-state index in [4.69, 9.17) is 67.5 Å². The number of carbonyl (C=O) groups is 6. The first kappa shape index (κ1) is 53.5. The molecule has 69 heavy (non-hydrogen) atoms. The van der Waals surface area contributed by atoms with Gasteiger partial charge in [-0.05, 0) is 141 Å². The van der Waals surface area contributed by atoms with Crippen LogP contribution in [0.2, 0.25) is 10.0 Å². The summed E-state index contributed by atoms with van der Waals surface area (Å²) in [4.78, 5) is 79.1. The van der Waals surface area contributed by atoms with Gasteiger partial charge in [-0.15, -0.1) is 34.8 Å². The highest BCUT2D eigenvalue weighted by Gasteiger charge is 2.26. The van der Waals surface area contributed by atoms with Crippen LogP contribution in [-0.4, -0.2) is 79.1 Å². The van der Waals surface area contributed by atoms with Gasteiger partial charge in [0.25, 0.3) is 23.6 Å². The molecule has 16 nitrogen and oxygen atoms in total. The van der Waals surface area contributed by atoms with Crippen LogP contribution >= 0.6 is 58.0 Å². The molecular formula is C48H45Cl5N8O8. The molecule has 2 unspecified atom stereocenters. The SMILES string of the molecule is COc1ccc(NC(=O)c2cc(N=NC(C(C)=O)C(=O)Nc3ccc(NC(=O)C(N=Nc4ccc(Cl)c(C(=O)Nc5ccc(OC)cc5CCCl)c4)C(C)=O)c(CCCl)c3)ccc2Cl)c(CCCl)c1. The predicted molar refractivity (Wildman–Crippen MR) is 270 cm³/mol. The number of methoxy groups -OCH3 is 2. The Morgan fingerprint density at radius 2 is 0.899 bits per heavy atom. The predicted octanol–water partition coefficient (Wildman–Crippen LogP) is 11.2. The first-order valence-corrected chi connectivity index (χ1v) is 23.3. The second-order valence-corrected chi connectivity index (χ2v) is 16.9. The highest BCUT2D eigenvalue weighted by atomic mass is 35.5. The number of nitrogens with one attached hydrogen (secondary N) is 4. The number of alkyl halides is 3. The maximum absolute atomic E-state index is 13.5. The third-order valence-electron chi connectivity index (χ3n) is 10.1. The molecule has 0 aliphatic rings. The number of hydrogen-bond donors (Lipinski definition) is 4. The molecule has 0 bridgehead atoms. The molecule has 0 aromatic heterocycles. The first-order chi connectivity index (χ1) is 33.1. The fourth-order valence-electron chi connectivity index (χ4n) is 6.53. The first-order valence-electron chi connectivity index (χ1n) is 20.9. The highest BCUT2D eigenvalue weighted by molar-refractivity contribution is 6.35. The third kappa shape index (κ3) is 14.8. The number of Topliss-reactive ketones (excluding diaryl/α,β-unsaturated/α-hetero) is 2. The molecule has 0 radical (unpaired) electrons. The van der Waals surface area contributed by atoms with Crippen LogP contribution < -0.4 is 30.7 Å². The van der Waals surface area contributed by atoms with E-state index >= 15 is 0 Å². The smallest absolute Gasteiger partial charge is 0.258 e. The number of benzene rings is 5. The quantitative estimate of drug-likeness (QED) is 0.0296. The van der Waals surface area contributed by atoms with Crippen molar-refractivity contribution in [2.24, 2.45) is 20.5 Å². The van der Waals surface area contributed by atoms with Crippen molar-refractivity contribution >= 4 is 127 Å². The molecule has 21 heteroatoms. The van der Waals surface area contributed by atoms with Crippen LogP contribution in [0.3, 0.4) is 0 Å². The fourth-order valence-corrected chi connectivity index (χ4v) is 7.55. The summed E-state index contributed by atoms with van der Waals surface area (Å²) in [6.07, 6.45) is 1.12. The number of anilines is 4. The maximum Gasteiger partial charge on any atom is 0.258 e. The summed E-state index contributed by atoms with van der Waals surface area (Å²) >= 11 is 30.8. The molecule has 0 aliphatic heterocycles. The number of nitrogens with zero attached hydrogens (tertiary/aromatic N) is 4. The molecule has 0 saturated heterocycles. The summed E-state index contributed by atoms with van der Waals surface area (Å²) < 4.78 is 10.6. The van der Waals surface area contributed by atoms with E-state index < -0.39 is 47.3 Å². The number of aryl methyl sites for hydroxylation is 3. The van der Waals surface area contributed by atoms with Crippen LogP contribution in [0.4, 0.5) is 34.1 Å². The molecule has 0 spiro atoms. The van der Waals surface area contributed by atoms with Crippen molar-refractivity contribution < 1.29 is 38.2 Å². The molecule has 5 aromatic rings. The molecule has 2 atom stereocenters. The standard InChI is InChI=1S/C48H45Cl5N8O8/c1-26(62)43(60-58-32-5-10-38(52)36(24-32)45(64)55-41-13-8-34(68-3)22-29(41)16-19-50)47(66)54-31-7-12-40(28(21-31)15-18-49)57-48(67)44(27(2)63)61-59-33-6-11-39(53)37(25-33)46(65)56-42-14-9-35(69-4)23-30(42)17-20-51/h5-14,21-25,43-44H,15-20H2,1-4H3,(H,54,66)(H,55,64)(H,56,65)(H,57,67). The van der Waals surface area contributed by atoms with Crippen molar-refractivity contribution in [2.45, 2.75) is 45.2 Å². The van der Waals surface area contributed by atoms with Crippen molar-refractivity contribution in [3.8, 4) is 11.5 Å². The number of hydrogen-bond acceptors (Lipinski definition) is 12. The second-order valence-electron chi connectivity index (χ2n) is 14.9. The summed E-state index contributed by atoms with van der Waals surface area (Å²) in [7, 11) is 3.06. The number of carbonyl (C=O) groups excluding carboxylic acids is 6. The van der Waals surface area contributed by atoms with Gasteiger partial charge in [0.1, 0.15) is 11.5 Å². The minimum atomic E-state index is -1.60. The minimum Gasteiger partial charge on any atom is -0.497 e. The Hall–Kier alpha value is -6.43. The summed E-state index contributed by atoms with van der Waals surface area (Å²) in [5.74, 6) is -2.12. The van der Waals surface area contributed by atoms with E-state index in [-0.39, 0.29) is 56.2 Å². The van der Waals surface area contributed by atoms with Crippen LogP contribution in [0.15, 0.2) is 111 Å². The van der Waals surface area contributed by atoms with Crippen molar-refractivity contribution in [1.82, 2.24) is 0 Å². The van der Waals surface area contributed by atoms with Gasteiger partial charge in [-0.25, -0.2) is 0 Å². The lowest BCUT2D eigenvalue weighted by atomic mass is 10.1. The van der Waals surface area contributed by atoms with E-state index in [1.54, 1.807) is 36.4 Å². The Bertz CT molecular complexity index is 2810. The van der Waals surface area contributed by atoms with Gasteiger partial charge in [0.05, 0.1) is 46.8 Å². The Labute approximate surface area is 422 Å². The average Bonchev–Trinajstić information content (AvgIpc) is 3.32. The summed E-state index contributed by atoms with van der Waals surface area (Å²) in [5, 5.41) is 27.4. The van der Waals surface area contributed by atoms with Crippen LogP contribution in [0, 0.1) is 0 Å². The topological polar surface area (TPSA) is 218 Å². The van der Waals surface area contributed by atoms with E-state index in [0.29, 0.717) is 53.0 Å². The molecule has 0 heterocycles. The Balaban J connectivity index is 1.28. The lowest BCUT2D eigenvalue weighted by Gasteiger charge is -2.15. The van der Waals surface area contributed by atoms with Crippen LogP contribution in [-0.2, 0) is 38.4 Å². The van der Waals surface area contributed by atoms with Gasteiger partial charge in [0, 0.05) is 40.4 Å². The largest absolute Gasteiger partial charge is 0.497 e. The van der Waals surface area contributed by atoms with Gasteiger partial charge in [-0.1, -0.05) is 23.2 Å². The van der Waals surface area contributed by atoms with E-state index in [1.165, 1.54) is 82.7 Å². The van der Waals surface area contributed by atoms with Gasteiger partial charge in [-0.2, -0.15) is 20.5 Å². The molecule has 0 fully saturated rings. The van der Waals surface area contributed by atoms with Crippen molar-refractivity contribution in [2.75, 3.05) is 53.1 Å². The Morgan fingerprint density at radius 3 is 1.30 bits per heavy atom. The Morgan fingerprint density at radius 1 is 0.507 bits per heavy atom. The highest BCUT2D eigenvalue weighted by Crippen LogP contribution is 2.30. The molecule has 360 valence electrons. The molecule has 5 aromatic carbocycles. The number of rotatable bonds is 22. The van der Waals surface area contributed by atoms with E-state index in [0.717, 1.165) is 11.1 Å². The normalized spacial score (nSPS) is 12.0. The van der Waals surface area contributed by atoms with E-state index in [9.17, 15) is 28.8 Å². The summed E-state index contributed by atoms with van der Waals surface area (Å²) in [6.45, 7) is 2.34. The lowest BCUT2D eigenvalue weighted by molar-refractivity contribution is -0.127. The second kappa shape index (κ2) is 25.8. The number of azo groups is 2. The zero-order valence-corrected chi connectivity index (χ0v) is 41.3. The monoisotopic (exact) mass is 1040 g/mol. The number of halogens is 5. The molecule has 0 aliphatic carbocycles. The fraction of sp³-hybridized carbons (Fsp3) is 0.250. The van der Waals surface area contributed by atoms with Crippen LogP contribution in [0.5, 0.6) is 11.5 Å². The lowest BCUT2D eigenvalue weighted by Crippen LogP contribution is -2.32. The minimum absolute atomic E-state index is 0.0563. The van der Waals surface area contributed by atoms with E-state index in [2.05, 4.69) is 41.7 Å². The average molecular weight is 1040 g/mol. The maximum atomic E-state index is 13.5. The molecule has 0 saturated carbocycles. The van der Waals surface area contributed by atoms with Crippen molar-refractivity contribution in [1.29, 1.82) is 0 Å².